The first kappa shape index (κ1) is 10.1. The number of rotatable bonds is 1. The van der Waals surface area contributed by atoms with E-state index in [1.165, 1.54) is 18.5 Å². The van der Waals surface area contributed by atoms with Crippen molar-refractivity contribution in [2.75, 3.05) is 13.1 Å². The first-order valence-electron chi connectivity index (χ1n) is 5.69. The van der Waals surface area contributed by atoms with Crippen molar-refractivity contribution >= 4 is 22.6 Å². The van der Waals surface area contributed by atoms with Crippen LogP contribution in [0.25, 0.3) is 11.0 Å². The molecule has 0 bridgehead atoms. The minimum atomic E-state index is 0.544. The number of nitrogens with zero attached hydrogens (tertiary/aromatic N) is 1. The van der Waals surface area contributed by atoms with Crippen LogP contribution in [0.2, 0.25) is 5.15 Å². The molecule has 16 heavy (non-hydrogen) atoms. The lowest BCUT2D eigenvalue weighted by Gasteiger charge is -2.21. The van der Waals surface area contributed by atoms with Crippen molar-refractivity contribution in [1.29, 1.82) is 0 Å². The maximum atomic E-state index is 5.87. The van der Waals surface area contributed by atoms with Crippen LogP contribution in [0.5, 0.6) is 0 Å². The van der Waals surface area contributed by atoms with Crippen LogP contribution in [-0.4, -0.2) is 23.1 Å². The number of aromatic nitrogens is 2. The lowest BCUT2D eigenvalue weighted by Crippen LogP contribution is -2.28. The Morgan fingerprint density at radius 1 is 1.38 bits per heavy atom. The molecular formula is C12H14ClN3. The smallest absolute Gasteiger partial charge is 0.139 e. The molecule has 3 rings (SSSR count). The van der Waals surface area contributed by atoms with Crippen molar-refractivity contribution in [2.24, 2.45) is 0 Å². The Bertz CT molecular complexity index is 500. The molecule has 3 nitrogen and oxygen atoms in total. The molecule has 84 valence electrons. The van der Waals surface area contributed by atoms with Gasteiger partial charge in [-0.3, -0.25) is 0 Å². The minimum Gasteiger partial charge on any atom is -0.343 e. The van der Waals surface area contributed by atoms with Gasteiger partial charge in [0.2, 0.25) is 0 Å². The fraction of sp³-hybridized carbons (Fsp3) is 0.417. The van der Waals surface area contributed by atoms with Crippen molar-refractivity contribution in [2.45, 2.75) is 18.8 Å². The van der Waals surface area contributed by atoms with Crippen LogP contribution in [0.3, 0.4) is 0 Å². The van der Waals surface area contributed by atoms with Crippen LogP contribution in [0.1, 0.15) is 24.5 Å². The molecule has 0 radical (unpaired) electrons. The zero-order valence-electron chi connectivity index (χ0n) is 8.96. The summed E-state index contributed by atoms with van der Waals surface area (Å²) in [6.45, 7) is 2.20. The van der Waals surface area contributed by atoms with Crippen LogP contribution in [0.4, 0.5) is 0 Å². The highest BCUT2D eigenvalue weighted by Crippen LogP contribution is 2.26. The van der Waals surface area contributed by atoms with Gasteiger partial charge < -0.3 is 10.3 Å². The van der Waals surface area contributed by atoms with Gasteiger partial charge in [-0.05, 0) is 37.6 Å². The first-order chi connectivity index (χ1) is 7.83. The predicted molar refractivity (Wildman–Crippen MR) is 65.9 cm³/mol. The molecule has 0 amide bonds. The second-order valence-corrected chi connectivity index (χ2v) is 4.73. The molecule has 2 N–H and O–H groups in total. The Morgan fingerprint density at radius 3 is 3.12 bits per heavy atom. The average molecular weight is 236 g/mol. The summed E-state index contributed by atoms with van der Waals surface area (Å²) >= 11 is 5.87. The molecule has 1 atom stereocenters. The lowest BCUT2D eigenvalue weighted by atomic mass is 9.96. The fourth-order valence-electron chi connectivity index (χ4n) is 2.34. The van der Waals surface area contributed by atoms with Crippen LogP contribution >= 0.6 is 11.6 Å². The summed E-state index contributed by atoms with van der Waals surface area (Å²) in [6, 6.07) is 6.04. The monoisotopic (exact) mass is 235 g/mol. The zero-order chi connectivity index (χ0) is 11.0. The number of fused-ring (bicyclic) bond motifs is 1. The third kappa shape index (κ3) is 1.81. The molecule has 0 saturated carbocycles. The highest BCUT2D eigenvalue weighted by atomic mass is 35.5. The zero-order valence-corrected chi connectivity index (χ0v) is 9.72. The van der Waals surface area contributed by atoms with Crippen molar-refractivity contribution in [1.82, 2.24) is 15.3 Å². The van der Waals surface area contributed by atoms with Gasteiger partial charge in [0.1, 0.15) is 10.8 Å². The number of pyridine rings is 1. The van der Waals surface area contributed by atoms with Crippen molar-refractivity contribution in [3.8, 4) is 0 Å². The quantitative estimate of drug-likeness (QED) is 0.747. The fourth-order valence-corrected chi connectivity index (χ4v) is 2.49. The molecule has 0 aromatic carbocycles. The van der Waals surface area contributed by atoms with E-state index in [1.807, 2.05) is 12.1 Å². The Hall–Kier alpha value is -1.06. The van der Waals surface area contributed by atoms with Gasteiger partial charge in [-0.15, -0.1) is 0 Å². The predicted octanol–water partition coefficient (Wildman–Crippen LogP) is 2.68. The Kier molecular flexibility index (Phi) is 2.58. The van der Waals surface area contributed by atoms with E-state index >= 15 is 0 Å². The Morgan fingerprint density at radius 2 is 2.31 bits per heavy atom. The molecule has 0 aliphatic carbocycles. The van der Waals surface area contributed by atoms with Gasteiger partial charge in [0.05, 0.1) is 0 Å². The number of H-pyrrole nitrogens is 1. The second-order valence-electron chi connectivity index (χ2n) is 4.34. The van der Waals surface area contributed by atoms with Gasteiger partial charge in [0, 0.05) is 23.5 Å². The summed E-state index contributed by atoms with van der Waals surface area (Å²) in [5.74, 6) is 0.585. The maximum Gasteiger partial charge on any atom is 0.139 e. The number of halogens is 1. The molecule has 0 spiro atoms. The molecule has 1 fully saturated rings. The summed E-state index contributed by atoms with van der Waals surface area (Å²) in [5, 5.41) is 5.11. The first-order valence-corrected chi connectivity index (χ1v) is 6.06. The molecule has 0 unspecified atom stereocenters. The minimum absolute atomic E-state index is 0.544. The van der Waals surface area contributed by atoms with Crippen LogP contribution < -0.4 is 5.32 Å². The number of nitrogens with one attached hydrogen (secondary N) is 2. The standard InChI is InChI=1S/C12H14ClN3/c13-11-4-3-8-6-10(15-12(8)16-11)9-2-1-5-14-7-9/h3-4,6,9,14H,1-2,5,7H2,(H,15,16)/t9-/m0/s1. The molecule has 3 heterocycles. The van der Waals surface area contributed by atoms with Gasteiger partial charge in [-0.25, -0.2) is 4.98 Å². The Balaban J connectivity index is 1.97. The third-order valence-electron chi connectivity index (χ3n) is 3.20. The third-order valence-corrected chi connectivity index (χ3v) is 3.41. The topological polar surface area (TPSA) is 40.7 Å². The van der Waals surface area contributed by atoms with Gasteiger partial charge in [0.15, 0.2) is 0 Å². The van der Waals surface area contributed by atoms with E-state index < -0.39 is 0 Å². The van der Waals surface area contributed by atoms with E-state index in [2.05, 4.69) is 21.4 Å². The maximum absolute atomic E-state index is 5.87. The van der Waals surface area contributed by atoms with Crippen LogP contribution in [0, 0.1) is 0 Å². The molecule has 4 heteroatoms. The molecule has 1 aliphatic heterocycles. The van der Waals surface area contributed by atoms with Gasteiger partial charge in [0.25, 0.3) is 0 Å². The number of hydrogen-bond donors (Lipinski definition) is 2. The Labute approximate surface area is 99.2 Å². The van der Waals surface area contributed by atoms with E-state index in [0.717, 1.165) is 24.1 Å². The normalized spacial score (nSPS) is 21.4. The number of aromatic amines is 1. The van der Waals surface area contributed by atoms with Crippen LogP contribution in [0.15, 0.2) is 18.2 Å². The molecule has 1 saturated heterocycles. The largest absolute Gasteiger partial charge is 0.343 e. The summed E-state index contributed by atoms with van der Waals surface area (Å²) in [7, 11) is 0. The van der Waals surface area contributed by atoms with E-state index in [9.17, 15) is 0 Å². The summed E-state index contributed by atoms with van der Waals surface area (Å²) < 4.78 is 0. The van der Waals surface area contributed by atoms with Gasteiger partial charge in [-0.2, -0.15) is 0 Å². The van der Waals surface area contributed by atoms with Gasteiger partial charge >= 0.3 is 0 Å². The summed E-state index contributed by atoms with van der Waals surface area (Å²) in [4.78, 5) is 7.65. The van der Waals surface area contributed by atoms with Crippen molar-refractivity contribution in [3.63, 3.8) is 0 Å². The molecule has 1 aliphatic rings. The highest BCUT2D eigenvalue weighted by molar-refractivity contribution is 6.29. The number of hydrogen-bond acceptors (Lipinski definition) is 2. The SMILES string of the molecule is Clc1ccc2cc([C@H]3CCCNC3)[nH]c2n1. The number of piperidine rings is 1. The van der Waals surface area contributed by atoms with Gasteiger partial charge in [-0.1, -0.05) is 11.6 Å². The van der Waals surface area contributed by atoms with Crippen LogP contribution in [-0.2, 0) is 0 Å². The average Bonchev–Trinajstić information content (AvgIpc) is 2.73. The van der Waals surface area contributed by atoms with Crippen molar-refractivity contribution < 1.29 is 0 Å². The summed E-state index contributed by atoms with van der Waals surface area (Å²) in [6.07, 6.45) is 2.49. The van der Waals surface area contributed by atoms with E-state index in [-0.39, 0.29) is 0 Å². The molecule has 2 aromatic rings. The second kappa shape index (κ2) is 4.07. The van der Waals surface area contributed by atoms with E-state index in [0.29, 0.717) is 11.1 Å². The van der Waals surface area contributed by atoms with Crippen molar-refractivity contribution in [3.05, 3.63) is 29.0 Å². The molecular weight excluding hydrogens is 222 g/mol. The molecule has 2 aromatic heterocycles. The summed E-state index contributed by atoms with van der Waals surface area (Å²) in [5.41, 5.74) is 2.17. The van der Waals surface area contributed by atoms with E-state index in [1.54, 1.807) is 0 Å². The lowest BCUT2D eigenvalue weighted by molar-refractivity contribution is 0.456. The highest BCUT2D eigenvalue weighted by Gasteiger charge is 2.17. The van der Waals surface area contributed by atoms with E-state index in [4.69, 9.17) is 11.6 Å².